The maximum absolute atomic E-state index is 13.6. The summed E-state index contributed by atoms with van der Waals surface area (Å²) in [4.78, 5) is 3.46. The number of aromatic nitrogens is 1. The van der Waals surface area contributed by atoms with Crippen LogP contribution in [-0.4, -0.2) is 24.2 Å². The quantitative estimate of drug-likeness (QED) is 0.853. The highest BCUT2D eigenvalue weighted by Gasteiger charge is 2.46. The summed E-state index contributed by atoms with van der Waals surface area (Å²) in [5.74, 6) is -0.813. The van der Waals surface area contributed by atoms with Gasteiger partial charge in [-0.1, -0.05) is 0 Å². The van der Waals surface area contributed by atoms with E-state index in [1.165, 1.54) is 0 Å². The Labute approximate surface area is 119 Å². The van der Waals surface area contributed by atoms with Gasteiger partial charge in [0.25, 0.3) is 5.88 Å². The van der Waals surface area contributed by atoms with Gasteiger partial charge in [-0.05, 0) is 12.5 Å². The van der Waals surface area contributed by atoms with Gasteiger partial charge in [0, 0.05) is 31.1 Å². The van der Waals surface area contributed by atoms with Crippen molar-refractivity contribution >= 4 is 12.4 Å². The minimum absolute atomic E-state index is 0. The number of nitrogens with zero attached hydrogens (tertiary/aromatic N) is 1. The van der Waals surface area contributed by atoms with Crippen molar-refractivity contribution in [1.29, 1.82) is 0 Å². The number of halogens is 5. The van der Waals surface area contributed by atoms with Gasteiger partial charge in [-0.2, -0.15) is 13.2 Å². The summed E-state index contributed by atoms with van der Waals surface area (Å²) < 4.78 is 56.1. The van der Waals surface area contributed by atoms with Crippen molar-refractivity contribution < 1.29 is 22.3 Å². The number of fused-ring (bicyclic) bond motifs is 2. The third-order valence-corrected chi connectivity index (χ3v) is 3.73. The van der Waals surface area contributed by atoms with E-state index < -0.39 is 17.6 Å². The largest absolute Gasteiger partial charge is 0.472 e. The molecule has 1 N–H and O–H groups in total. The van der Waals surface area contributed by atoms with E-state index in [0.29, 0.717) is 24.1 Å². The Hall–Kier alpha value is -1.08. The van der Waals surface area contributed by atoms with Gasteiger partial charge in [-0.15, -0.1) is 12.4 Å². The molecule has 2 fully saturated rings. The fraction of sp³-hybridized carbons (Fsp3) is 0.583. The van der Waals surface area contributed by atoms with E-state index in [2.05, 4.69) is 10.3 Å². The van der Waals surface area contributed by atoms with Crippen molar-refractivity contribution in [2.45, 2.75) is 18.7 Å². The predicted molar refractivity (Wildman–Crippen MR) is 65.3 cm³/mol. The van der Waals surface area contributed by atoms with Crippen LogP contribution in [0, 0.1) is 17.7 Å². The zero-order valence-electron chi connectivity index (χ0n) is 10.3. The molecule has 2 heterocycles. The minimum Gasteiger partial charge on any atom is -0.472 e. The van der Waals surface area contributed by atoms with Crippen LogP contribution in [0.2, 0.25) is 0 Å². The van der Waals surface area contributed by atoms with Crippen LogP contribution in [0.25, 0.3) is 0 Å². The summed E-state index contributed by atoms with van der Waals surface area (Å²) in [6.45, 7) is 1.59. The van der Waals surface area contributed by atoms with E-state index >= 15 is 0 Å². The second-order valence-corrected chi connectivity index (χ2v) is 5.01. The molecular formula is C12H13ClF4N2O. The van der Waals surface area contributed by atoms with E-state index in [0.717, 1.165) is 19.5 Å². The lowest BCUT2D eigenvalue weighted by Crippen LogP contribution is -2.59. The lowest BCUT2D eigenvalue weighted by molar-refractivity contribution is -0.138. The molecular weight excluding hydrogens is 300 g/mol. The molecule has 1 saturated carbocycles. The maximum atomic E-state index is 13.6. The Morgan fingerprint density at radius 3 is 2.40 bits per heavy atom. The Morgan fingerprint density at radius 1 is 1.25 bits per heavy atom. The Morgan fingerprint density at radius 2 is 1.90 bits per heavy atom. The van der Waals surface area contributed by atoms with E-state index in [9.17, 15) is 17.6 Å². The average molecular weight is 313 g/mol. The third kappa shape index (κ3) is 2.69. The molecule has 0 amide bonds. The van der Waals surface area contributed by atoms with Crippen LogP contribution in [0.1, 0.15) is 12.0 Å². The van der Waals surface area contributed by atoms with E-state index in [4.69, 9.17) is 4.74 Å². The van der Waals surface area contributed by atoms with Gasteiger partial charge in [0.1, 0.15) is 6.10 Å². The van der Waals surface area contributed by atoms with Crippen LogP contribution in [0.3, 0.4) is 0 Å². The van der Waals surface area contributed by atoms with Gasteiger partial charge in [0.05, 0.1) is 5.56 Å². The number of ether oxygens (including phenoxy) is 1. The fourth-order valence-electron chi connectivity index (χ4n) is 2.69. The molecule has 8 heteroatoms. The van der Waals surface area contributed by atoms with Crippen LogP contribution in [0.5, 0.6) is 5.88 Å². The monoisotopic (exact) mass is 312 g/mol. The molecule has 3 rings (SSSR count). The highest BCUT2D eigenvalue weighted by Crippen LogP contribution is 2.40. The van der Waals surface area contributed by atoms with Gasteiger partial charge < -0.3 is 10.1 Å². The molecule has 1 saturated heterocycles. The molecule has 0 spiro atoms. The fourth-order valence-corrected chi connectivity index (χ4v) is 2.69. The highest BCUT2D eigenvalue weighted by atomic mass is 35.5. The van der Waals surface area contributed by atoms with Gasteiger partial charge in [0.2, 0.25) is 0 Å². The SMILES string of the molecule is Cl.Fc1cc(C(F)(F)F)cnc1OC1[C@@H]2CNC[C@H]1C2. The molecule has 20 heavy (non-hydrogen) atoms. The summed E-state index contributed by atoms with van der Waals surface area (Å²) in [5, 5.41) is 3.20. The molecule has 1 aliphatic heterocycles. The average Bonchev–Trinajstić information content (AvgIpc) is 2.36. The number of hydrogen-bond acceptors (Lipinski definition) is 3. The molecule has 1 aromatic rings. The molecule has 1 aromatic heterocycles. The normalized spacial score (nSPS) is 28.3. The Balaban J connectivity index is 0.00000147. The standard InChI is InChI=1S/C12H12F4N2O.ClH/c13-9-2-8(12(14,15)16)5-18-11(9)19-10-6-1-7(10)4-17-3-6;/h2,5-7,10,17H,1,3-4H2;1H/t6-,7+,10?;. The number of nitrogens with one attached hydrogen (secondary N) is 1. The van der Waals surface area contributed by atoms with Gasteiger partial charge in [-0.3, -0.25) is 0 Å². The summed E-state index contributed by atoms with van der Waals surface area (Å²) >= 11 is 0. The van der Waals surface area contributed by atoms with Crippen molar-refractivity contribution in [2.75, 3.05) is 13.1 Å². The molecule has 1 aliphatic carbocycles. The Bertz CT molecular complexity index is 483. The zero-order chi connectivity index (χ0) is 13.6. The van der Waals surface area contributed by atoms with Crippen molar-refractivity contribution in [2.24, 2.45) is 11.8 Å². The molecule has 1 unspecified atom stereocenters. The number of pyridine rings is 1. The lowest BCUT2D eigenvalue weighted by atomic mass is 9.69. The van der Waals surface area contributed by atoms with Crippen LogP contribution >= 0.6 is 12.4 Å². The number of rotatable bonds is 2. The van der Waals surface area contributed by atoms with Crippen molar-refractivity contribution in [3.63, 3.8) is 0 Å². The summed E-state index contributed by atoms with van der Waals surface area (Å²) in [7, 11) is 0. The number of hydrogen-bond donors (Lipinski definition) is 1. The first-order valence-corrected chi connectivity index (χ1v) is 6.05. The molecule has 3 nitrogen and oxygen atoms in total. The first-order valence-electron chi connectivity index (χ1n) is 6.05. The van der Waals surface area contributed by atoms with Crippen LogP contribution in [-0.2, 0) is 6.18 Å². The molecule has 112 valence electrons. The predicted octanol–water partition coefficient (Wildman–Crippen LogP) is 2.65. The Kier molecular flexibility index (Phi) is 4.11. The van der Waals surface area contributed by atoms with Crippen LogP contribution in [0.4, 0.5) is 17.6 Å². The second kappa shape index (κ2) is 5.37. The van der Waals surface area contributed by atoms with Crippen LogP contribution < -0.4 is 10.1 Å². The van der Waals surface area contributed by atoms with E-state index in [1.54, 1.807) is 0 Å². The molecule has 2 bridgehead atoms. The van der Waals surface area contributed by atoms with Crippen molar-refractivity contribution in [3.8, 4) is 5.88 Å². The van der Waals surface area contributed by atoms with Gasteiger partial charge >= 0.3 is 6.18 Å². The first kappa shape index (κ1) is 15.3. The van der Waals surface area contributed by atoms with Crippen LogP contribution in [0.15, 0.2) is 12.3 Å². The van der Waals surface area contributed by atoms with Gasteiger partial charge in [-0.25, -0.2) is 9.37 Å². The summed E-state index contributed by atoms with van der Waals surface area (Å²) in [5.41, 5.74) is -1.10. The van der Waals surface area contributed by atoms with E-state index in [1.807, 2.05) is 0 Å². The molecule has 0 aromatic carbocycles. The molecule has 2 aliphatic rings. The number of piperidine rings is 2. The third-order valence-electron chi connectivity index (χ3n) is 3.73. The second-order valence-electron chi connectivity index (χ2n) is 5.01. The maximum Gasteiger partial charge on any atom is 0.417 e. The number of alkyl halides is 3. The smallest absolute Gasteiger partial charge is 0.417 e. The first-order chi connectivity index (χ1) is 8.95. The van der Waals surface area contributed by atoms with Crippen molar-refractivity contribution in [1.82, 2.24) is 10.3 Å². The van der Waals surface area contributed by atoms with Gasteiger partial charge in [0.15, 0.2) is 5.82 Å². The lowest BCUT2D eigenvalue weighted by Gasteiger charge is -2.48. The highest BCUT2D eigenvalue weighted by molar-refractivity contribution is 5.85. The summed E-state index contributed by atoms with van der Waals surface area (Å²) in [6, 6.07) is 0.426. The summed E-state index contributed by atoms with van der Waals surface area (Å²) in [6.07, 6.45) is -3.12. The molecule has 3 atom stereocenters. The molecule has 0 radical (unpaired) electrons. The van der Waals surface area contributed by atoms with Crippen molar-refractivity contribution in [3.05, 3.63) is 23.6 Å². The minimum atomic E-state index is -4.59. The zero-order valence-corrected chi connectivity index (χ0v) is 11.1. The van der Waals surface area contributed by atoms with E-state index in [-0.39, 0.29) is 24.4 Å². The topological polar surface area (TPSA) is 34.1 Å².